The van der Waals surface area contributed by atoms with E-state index in [1.54, 1.807) is 12.1 Å². The van der Waals surface area contributed by atoms with Gasteiger partial charge in [0.05, 0.1) is 23.3 Å². The molecule has 2 rings (SSSR count). The maximum Gasteiger partial charge on any atom is 0.331 e. The van der Waals surface area contributed by atoms with Crippen LogP contribution in [0.1, 0.15) is 11.1 Å². The fourth-order valence-corrected chi connectivity index (χ4v) is 2.18. The molecule has 0 saturated carbocycles. The molecule has 0 bridgehead atoms. The standard InChI is InChI=1S/C19H15N3O7/c1-28-17-8-12(2-6-16(17)23)3-7-19(25)29-11-18(24)21-15-5-4-14(22(26)27)9-13(15)10-20/h2-9,23H,11H2,1H3,(H,21,24)/b7-3+. The van der Waals surface area contributed by atoms with Crippen molar-refractivity contribution in [3.63, 3.8) is 0 Å². The number of hydrogen-bond donors (Lipinski definition) is 2. The minimum absolute atomic E-state index is 0.0492. The van der Waals surface area contributed by atoms with Gasteiger partial charge in [0, 0.05) is 18.2 Å². The number of rotatable bonds is 7. The van der Waals surface area contributed by atoms with Gasteiger partial charge in [-0.2, -0.15) is 5.26 Å². The van der Waals surface area contributed by atoms with Gasteiger partial charge < -0.3 is 19.9 Å². The summed E-state index contributed by atoms with van der Waals surface area (Å²) in [5.74, 6) is -1.33. The number of nitro benzene ring substituents is 1. The Morgan fingerprint density at radius 2 is 2.07 bits per heavy atom. The van der Waals surface area contributed by atoms with Crippen molar-refractivity contribution < 1.29 is 29.1 Å². The number of esters is 1. The Kier molecular flexibility index (Phi) is 6.86. The molecule has 2 aromatic carbocycles. The molecule has 0 aliphatic rings. The predicted molar refractivity (Wildman–Crippen MR) is 101 cm³/mol. The molecule has 0 aromatic heterocycles. The van der Waals surface area contributed by atoms with Crippen molar-refractivity contribution in [3.05, 3.63) is 63.7 Å². The van der Waals surface area contributed by atoms with E-state index in [1.165, 1.54) is 31.4 Å². The molecule has 0 aliphatic carbocycles. The molecule has 2 aromatic rings. The van der Waals surface area contributed by atoms with Crippen molar-refractivity contribution in [2.75, 3.05) is 19.0 Å². The zero-order valence-corrected chi connectivity index (χ0v) is 15.1. The molecule has 29 heavy (non-hydrogen) atoms. The van der Waals surface area contributed by atoms with Crippen LogP contribution >= 0.6 is 0 Å². The van der Waals surface area contributed by atoms with Gasteiger partial charge in [0.15, 0.2) is 18.1 Å². The molecule has 148 valence electrons. The average Bonchev–Trinajstić information content (AvgIpc) is 2.71. The van der Waals surface area contributed by atoms with Crippen molar-refractivity contribution in [2.24, 2.45) is 0 Å². The van der Waals surface area contributed by atoms with E-state index in [-0.39, 0.29) is 28.4 Å². The van der Waals surface area contributed by atoms with Crippen molar-refractivity contribution in [2.45, 2.75) is 0 Å². The highest BCUT2D eigenvalue weighted by atomic mass is 16.6. The van der Waals surface area contributed by atoms with Crippen molar-refractivity contribution in [1.29, 1.82) is 5.26 Å². The first kappa shape index (κ1) is 20.9. The van der Waals surface area contributed by atoms with E-state index in [2.05, 4.69) is 5.32 Å². The third kappa shape index (κ3) is 5.80. The quantitative estimate of drug-likeness (QED) is 0.313. The van der Waals surface area contributed by atoms with E-state index >= 15 is 0 Å². The van der Waals surface area contributed by atoms with Crippen LogP contribution in [0.5, 0.6) is 11.5 Å². The Morgan fingerprint density at radius 3 is 2.72 bits per heavy atom. The molecule has 0 saturated heterocycles. The van der Waals surface area contributed by atoms with Crippen molar-refractivity contribution >= 4 is 29.3 Å². The highest BCUT2D eigenvalue weighted by Crippen LogP contribution is 2.26. The minimum atomic E-state index is -0.795. The summed E-state index contributed by atoms with van der Waals surface area (Å²) in [6.45, 7) is -0.621. The molecule has 0 radical (unpaired) electrons. The number of anilines is 1. The normalized spacial score (nSPS) is 10.2. The Hall–Kier alpha value is -4.39. The molecule has 10 nitrogen and oxygen atoms in total. The molecule has 0 atom stereocenters. The number of aromatic hydroxyl groups is 1. The van der Waals surface area contributed by atoms with Crippen molar-refractivity contribution in [1.82, 2.24) is 0 Å². The molecule has 10 heteroatoms. The number of nitriles is 1. The third-order valence-electron chi connectivity index (χ3n) is 3.57. The molecule has 2 N–H and O–H groups in total. The summed E-state index contributed by atoms with van der Waals surface area (Å²) >= 11 is 0. The van der Waals surface area contributed by atoms with Crippen LogP contribution in [0.25, 0.3) is 6.08 Å². The van der Waals surface area contributed by atoms with Crippen LogP contribution in [-0.4, -0.2) is 35.6 Å². The SMILES string of the molecule is COc1cc(/C=C/C(=O)OCC(=O)Nc2ccc([N+](=O)[O-])cc2C#N)ccc1O. The van der Waals surface area contributed by atoms with Gasteiger partial charge >= 0.3 is 5.97 Å². The van der Waals surface area contributed by atoms with Gasteiger partial charge in [-0.3, -0.25) is 14.9 Å². The van der Waals surface area contributed by atoms with Crippen molar-refractivity contribution in [3.8, 4) is 17.6 Å². The number of non-ortho nitro benzene ring substituents is 1. The van der Waals surface area contributed by atoms with Gasteiger partial charge in [-0.15, -0.1) is 0 Å². The monoisotopic (exact) mass is 397 g/mol. The number of nitrogens with one attached hydrogen (secondary N) is 1. The number of phenolic OH excluding ortho intramolecular Hbond substituents is 1. The number of amides is 1. The summed E-state index contributed by atoms with van der Waals surface area (Å²) in [6, 6.07) is 9.57. The van der Waals surface area contributed by atoms with Crippen LogP contribution in [0.3, 0.4) is 0 Å². The molecule has 0 unspecified atom stereocenters. The number of hydrogen-bond acceptors (Lipinski definition) is 8. The lowest BCUT2D eigenvalue weighted by atomic mass is 10.1. The lowest BCUT2D eigenvalue weighted by Gasteiger charge is -2.07. The lowest BCUT2D eigenvalue weighted by molar-refractivity contribution is -0.384. The van der Waals surface area contributed by atoms with Crippen LogP contribution in [-0.2, 0) is 14.3 Å². The summed E-state index contributed by atoms with van der Waals surface area (Å²) in [6.07, 6.45) is 2.50. The number of carbonyl (C=O) groups is 2. The number of phenols is 1. The van der Waals surface area contributed by atoms with Crippen LogP contribution in [0.2, 0.25) is 0 Å². The second-order valence-electron chi connectivity index (χ2n) is 5.52. The van der Waals surface area contributed by atoms with Gasteiger partial charge in [-0.1, -0.05) is 6.07 Å². The van der Waals surface area contributed by atoms with E-state index in [4.69, 9.17) is 14.7 Å². The Balaban J connectivity index is 1.93. The molecular formula is C19H15N3O7. The van der Waals surface area contributed by atoms with Crippen LogP contribution in [0.15, 0.2) is 42.5 Å². The second kappa shape index (κ2) is 9.52. The number of methoxy groups -OCH3 is 1. The maximum atomic E-state index is 11.9. The second-order valence-corrected chi connectivity index (χ2v) is 5.52. The molecule has 0 heterocycles. The van der Waals surface area contributed by atoms with Gasteiger partial charge in [0.1, 0.15) is 6.07 Å². The smallest absolute Gasteiger partial charge is 0.331 e. The molecule has 0 spiro atoms. The predicted octanol–water partition coefficient (Wildman–Crippen LogP) is 2.38. The topological polar surface area (TPSA) is 152 Å². The number of benzene rings is 2. The highest BCUT2D eigenvalue weighted by Gasteiger charge is 2.13. The first-order chi connectivity index (χ1) is 13.8. The van der Waals surface area contributed by atoms with E-state index in [0.717, 1.165) is 18.2 Å². The summed E-state index contributed by atoms with van der Waals surface area (Å²) < 4.78 is 9.76. The number of carbonyl (C=O) groups excluding carboxylic acids is 2. The third-order valence-corrected chi connectivity index (χ3v) is 3.57. The van der Waals surface area contributed by atoms with E-state index < -0.39 is 23.4 Å². The Morgan fingerprint density at radius 1 is 1.31 bits per heavy atom. The Labute approximate surface area is 164 Å². The number of ether oxygens (including phenoxy) is 2. The first-order valence-electron chi connectivity index (χ1n) is 8.04. The number of nitro groups is 1. The summed E-state index contributed by atoms with van der Waals surface area (Å²) in [5.41, 5.74) is 0.235. The van der Waals surface area contributed by atoms with Crippen LogP contribution in [0, 0.1) is 21.4 Å². The van der Waals surface area contributed by atoms with E-state index in [9.17, 15) is 24.8 Å². The van der Waals surface area contributed by atoms with Gasteiger partial charge in [0.25, 0.3) is 11.6 Å². The van der Waals surface area contributed by atoms with E-state index in [0.29, 0.717) is 5.56 Å². The minimum Gasteiger partial charge on any atom is -0.504 e. The molecule has 1 amide bonds. The van der Waals surface area contributed by atoms with E-state index in [1.807, 2.05) is 0 Å². The first-order valence-corrected chi connectivity index (χ1v) is 8.04. The van der Waals surface area contributed by atoms with Gasteiger partial charge in [-0.05, 0) is 29.8 Å². The Bertz CT molecular complexity index is 1020. The summed E-state index contributed by atoms with van der Waals surface area (Å²) in [7, 11) is 1.39. The zero-order valence-electron chi connectivity index (χ0n) is 15.1. The van der Waals surface area contributed by atoms with Crippen LogP contribution < -0.4 is 10.1 Å². The average molecular weight is 397 g/mol. The molecule has 0 aliphatic heterocycles. The lowest BCUT2D eigenvalue weighted by Crippen LogP contribution is -2.20. The fourth-order valence-electron chi connectivity index (χ4n) is 2.18. The number of nitrogens with zero attached hydrogens (tertiary/aromatic N) is 2. The molecular weight excluding hydrogens is 382 g/mol. The summed E-state index contributed by atoms with van der Waals surface area (Å²) in [4.78, 5) is 33.7. The zero-order chi connectivity index (χ0) is 21.4. The van der Waals surface area contributed by atoms with Gasteiger partial charge in [-0.25, -0.2) is 4.79 Å². The fraction of sp³-hybridized carbons (Fsp3) is 0.105. The maximum absolute atomic E-state index is 11.9. The molecule has 0 fully saturated rings. The largest absolute Gasteiger partial charge is 0.504 e. The van der Waals surface area contributed by atoms with Gasteiger partial charge in [0.2, 0.25) is 0 Å². The highest BCUT2D eigenvalue weighted by molar-refractivity contribution is 5.95. The summed E-state index contributed by atoms with van der Waals surface area (Å²) in [5, 5.41) is 31.6. The van der Waals surface area contributed by atoms with Crippen LogP contribution in [0.4, 0.5) is 11.4 Å².